The Balaban J connectivity index is 1.94. The molecule has 2 aromatic rings. The average Bonchev–Trinajstić information content (AvgIpc) is 2.46. The Morgan fingerprint density at radius 2 is 2.05 bits per heavy atom. The molecule has 0 radical (unpaired) electrons. The van der Waals surface area contributed by atoms with Crippen LogP contribution in [0.3, 0.4) is 0 Å². The summed E-state index contributed by atoms with van der Waals surface area (Å²) >= 11 is 0. The predicted octanol–water partition coefficient (Wildman–Crippen LogP) is 2.60. The minimum absolute atomic E-state index is 0.0510. The molecule has 3 nitrogen and oxygen atoms in total. The summed E-state index contributed by atoms with van der Waals surface area (Å²) in [5.41, 5.74) is 1.34. The molecule has 0 aliphatic carbocycles. The van der Waals surface area contributed by atoms with Gasteiger partial charge < -0.3 is 10.4 Å². The highest BCUT2D eigenvalue weighted by atomic mass is 19.1. The Morgan fingerprint density at radius 3 is 2.74 bits per heavy atom. The van der Waals surface area contributed by atoms with E-state index >= 15 is 0 Å². The van der Waals surface area contributed by atoms with E-state index in [0.717, 1.165) is 5.56 Å². The van der Waals surface area contributed by atoms with Crippen LogP contribution >= 0.6 is 0 Å². The van der Waals surface area contributed by atoms with E-state index in [1.54, 1.807) is 30.6 Å². The van der Waals surface area contributed by atoms with Crippen molar-refractivity contribution in [2.75, 3.05) is 6.54 Å². The summed E-state index contributed by atoms with van der Waals surface area (Å²) in [5.74, 6) is -0.383. The number of rotatable bonds is 5. The molecule has 0 amide bonds. The third-order valence-electron chi connectivity index (χ3n) is 3.07. The van der Waals surface area contributed by atoms with Gasteiger partial charge in [-0.05, 0) is 24.6 Å². The fourth-order valence-corrected chi connectivity index (χ4v) is 1.89. The molecule has 0 fully saturated rings. The van der Waals surface area contributed by atoms with Gasteiger partial charge in [0.2, 0.25) is 0 Å². The van der Waals surface area contributed by atoms with E-state index < -0.39 is 6.10 Å². The van der Waals surface area contributed by atoms with Crippen molar-refractivity contribution in [3.63, 3.8) is 0 Å². The molecule has 2 N–H and O–H groups in total. The van der Waals surface area contributed by atoms with Crippen LogP contribution in [0.4, 0.5) is 4.39 Å². The number of hydrogen-bond donors (Lipinski definition) is 2. The van der Waals surface area contributed by atoms with Crippen LogP contribution < -0.4 is 5.32 Å². The molecule has 0 aliphatic rings. The number of nitrogens with one attached hydrogen (secondary N) is 1. The van der Waals surface area contributed by atoms with Gasteiger partial charge in [-0.25, -0.2) is 4.39 Å². The van der Waals surface area contributed by atoms with Crippen molar-refractivity contribution < 1.29 is 9.50 Å². The molecule has 4 heteroatoms. The number of aliphatic hydroxyl groups excluding tert-OH is 1. The SMILES string of the molecule is C[C@@H](NCC(O)c1ccccc1F)c1cccnc1. The molecule has 0 bridgehead atoms. The van der Waals surface area contributed by atoms with Gasteiger partial charge in [0, 0.05) is 30.5 Å². The average molecular weight is 260 g/mol. The zero-order chi connectivity index (χ0) is 13.7. The zero-order valence-electron chi connectivity index (χ0n) is 10.8. The lowest BCUT2D eigenvalue weighted by Crippen LogP contribution is -2.25. The van der Waals surface area contributed by atoms with Gasteiger partial charge in [0.1, 0.15) is 5.82 Å². The highest BCUT2D eigenvalue weighted by Crippen LogP contribution is 2.17. The van der Waals surface area contributed by atoms with Gasteiger partial charge in [0.15, 0.2) is 0 Å². The summed E-state index contributed by atoms with van der Waals surface area (Å²) in [6.45, 7) is 2.27. The van der Waals surface area contributed by atoms with Crippen molar-refractivity contribution in [2.45, 2.75) is 19.1 Å². The molecule has 1 heterocycles. The van der Waals surface area contributed by atoms with Gasteiger partial charge in [-0.15, -0.1) is 0 Å². The van der Waals surface area contributed by atoms with Crippen LogP contribution in [0.15, 0.2) is 48.8 Å². The Hall–Kier alpha value is -1.78. The summed E-state index contributed by atoms with van der Waals surface area (Å²) in [6.07, 6.45) is 2.62. The number of nitrogens with zero attached hydrogens (tertiary/aromatic N) is 1. The Labute approximate surface area is 112 Å². The maximum atomic E-state index is 13.5. The van der Waals surface area contributed by atoms with Crippen LogP contribution in [0.2, 0.25) is 0 Å². The predicted molar refractivity (Wildman–Crippen MR) is 72.0 cm³/mol. The van der Waals surface area contributed by atoms with E-state index in [1.165, 1.54) is 6.07 Å². The maximum absolute atomic E-state index is 13.5. The number of aromatic nitrogens is 1. The Kier molecular flexibility index (Phi) is 4.60. The normalized spacial score (nSPS) is 14.1. The number of hydrogen-bond acceptors (Lipinski definition) is 3. The summed E-state index contributed by atoms with van der Waals surface area (Å²) in [7, 11) is 0. The van der Waals surface area contributed by atoms with E-state index in [0.29, 0.717) is 5.56 Å². The first-order valence-corrected chi connectivity index (χ1v) is 6.24. The lowest BCUT2D eigenvalue weighted by molar-refractivity contribution is 0.166. The Bertz CT molecular complexity index is 519. The van der Waals surface area contributed by atoms with Crippen molar-refractivity contribution in [2.24, 2.45) is 0 Å². The first kappa shape index (κ1) is 13.6. The number of aliphatic hydroxyl groups is 1. The summed E-state index contributed by atoms with van der Waals surface area (Å²) < 4.78 is 13.5. The molecular weight excluding hydrogens is 243 g/mol. The van der Waals surface area contributed by atoms with Gasteiger partial charge in [0.05, 0.1) is 6.10 Å². The van der Waals surface area contributed by atoms with Crippen molar-refractivity contribution in [1.29, 1.82) is 0 Å². The van der Waals surface area contributed by atoms with E-state index in [9.17, 15) is 9.50 Å². The molecule has 100 valence electrons. The Morgan fingerprint density at radius 1 is 1.26 bits per heavy atom. The van der Waals surface area contributed by atoms with Gasteiger partial charge in [-0.3, -0.25) is 4.98 Å². The molecule has 0 saturated heterocycles. The highest BCUT2D eigenvalue weighted by molar-refractivity contribution is 5.20. The minimum atomic E-state index is -0.861. The fourth-order valence-electron chi connectivity index (χ4n) is 1.89. The van der Waals surface area contributed by atoms with Crippen molar-refractivity contribution in [1.82, 2.24) is 10.3 Å². The molecule has 2 rings (SSSR count). The van der Waals surface area contributed by atoms with Gasteiger partial charge in [0.25, 0.3) is 0 Å². The molecule has 0 aliphatic heterocycles. The molecule has 2 atom stereocenters. The molecule has 1 aromatic carbocycles. The van der Waals surface area contributed by atoms with Crippen LogP contribution in [0.5, 0.6) is 0 Å². The third-order valence-corrected chi connectivity index (χ3v) is 3.07. The smallest absolute Gasteiger partial charge is 0.129 e. The number of pyridine rings is 1. The second-order valence-corrected chi connectivity index (χ2v) is 4.45. The standard InChI is InChI=1S/C15H17FN2O/c1-11(12-5-4-8-17-9-12)18-10-15(19)13-6-2-3-7-14(13)16/h2-9,11,15,18-19H,10H2,1H3/t11-,15?/m1/s1. The molecule has 1 aromatic heterocycles. The largest absolute Gasteiger partial charge is 0.387 e. The van der Waals surface area contributed by atoms with E-state index in [1.807, 2.05) is 19.1 Å². The van der Waals surface area contributed by atoms with Crippen LogP contribution in [0, 0.1) is 5.82 Å². The van der Waals surface area contributed by atoms with E-state index in [2.05, 4.69) is 10.3 Å². The molecule has 0 spiro atoms. The molecule has 1 unspecified atom stereocenters. The second kappa shape index (κ2) is 6.41. The topological polar surface area (TPSA) is 45.1 Å². The third kappa shape index (κ3) is 3.59. The lowest BCUT2D eigenvalue weighted by atomic mass is 10.1. The zero-order valence-corrected chi connectivity index (χ0v) is 10.8. The van der Waals surface area contributed by atoms with Crippen molar-refractivity contribution >= 4 is 0 Å². The molecule has 0 saturated carbocycles. The molecular formula is C15H17FN2O. The lowest BCUT2D eigenvalue weighted by Gasteiger charge is -2.17. The van der Waals surface area contributed by atoms with Gasteiger partial charge in [-0.1, -0.05) is 24.3 Å². The fraction of sp³-hybridized carbons (Fsp3) is 0.267. The van der Waals surface area contributed by atoms with E-state index in [4.69, 9.17) is 0 Å². The monoisotopic (exact) mass is 260 g/mol. The minimum Gasteiger partial charge on any atom is -0.387 e. The van der Waals surface area contributed by atoms with Crippen LogP contribution in [-0.2, 0) is 0 Å². The van der Waals surface area contributed by atoms with Crippen LogP contribution in [0.25, 0.3) is 0 Å². The first-order chi connectivity index (χ1) is 9.18. The van der Waals surface area contributed by atoms with Crippen LogP contribution in [-0.4, -0.2) is 16.6 Å². The van der Waals surface area contributed by atoms with Crippen molar-refractivity contribution in [3.05, 3.63) is 65.7 Å². The van der Waals surface area contributed by atoms with Crippen LogP contribution in [0.1, 0.15) is 30.2 Å². The van der Waals surface area contributed by atoms with Gasteiger partial charge in [-0.2, -0.15) is 0 Å². The maximum Gasteiger partial charge on any atom is 0.129 e. The van der Waals surface area contributed by atoms with E-state index in [-0.39, 0.29) is 18.4 Å². The first-order valence-electron chi connectivity index (χ1n) is 6.24. The van der Waals surface area contributed by atoms with Crippen molar-refractivity contribution in [3.8, 4) is 0 Å². The summed E-state index contributed by atoms with van der Waals surface area (Å²) in [5, 5.41) is 13.1. The van der Waals surface area contributed by atoms with Gasteiger partial charge >= 0.3 is 0 Å². The molecule has 19 heavy (non-hydrogen) atoms. The summed E-state index contributed by atoms with van der Waals surface area (Å²) in [4.78, 5) is 4.04. The quantitative estimate of drug-likeness (QED) is 0.868. The highest BCUT2D eigenvalue weighted by Gasteiger charge is 2.13. The second-order valence-electron chi connectivity index (χ2n) is 4.45. The number of halogens is 1. The number of benzene rings is 1. The summed E-state index contributed by atoms with van der Waals surface area (Å²) in [6, 6.07) is 10.1.